The molecule has 4 nitrogen and oxygen atoms in total. The second kappa shape index (κ2) is 6.38. The van der Waals surface area contributed by atoms with Gasteiger partial charge in [-0.25, -0.2) is 4.73 Å². The first-order valence-electron chi connectivity index (χ1n) is 8.22. The van der Waals surface area contributed by atoms with Crippen molar-refractivity contribution in [2.24, 2.45) is 0 Å². The predicted molar refractivity (Wildman–Crippen MR) is 95.7 cm³/mol. The number of rotatable bonds is 3. The molecule has 0 unspecified atom stereocenters. The Labute approximate surface area is 145 Å². The summed E-state index contributed by atoms with van der Waals surface area (Å²) in [5, 5.41) is 14.5. The van der Waals surface area contributed by atoms with E-state index < -0.39 is 0 Å². The standard InChI is InChI=1S/C19H18ClN3O/c20-15-8-9-17-16(12-15)19(14-6-2-1-3-7-14)23(24)18(21-17)13-22-10-4-5-11-22/h1-3,6-9,12H,4-5,10-11,13H2. The van der Waals surface area contributed by atoms with Crippen LogP contribution >= 0.6 is 11.6 Å². The summed E-state index contributed by atoms with van der Waals surface area (Å²) < 4.78 is 0.978. The molecule has 0 bridgehead atoms. The lowest BCUT2D eigenvalue weighted by molar-refractivity contribution is -0.606. The zero-order valence-electron chi connectivity index (χ0n) is 13.3. The molecule has 1 aliphatic rings. The van der Waals surface area contributed by atoms with Crippen molar-refractivity contribution in [1.29, 1.82) is 0 Å². The van der Waals surface area contributed by atoms with Crippen LogP contribution in [0.3, 0.4) is 0 Å². The Morgan fingerprint density at radius 3 is 2.58 bits per heavy atom. The molecule has 0 saturated carbocycles. The van der Waals surface area contributed by atoms with Crippen LogP contribution in [0.1, 0.15) is 18.7 Å². The maximum Gasteiger partial charge on any atom is 0.316 e. The van der Waals surface area contributed by atoms with Crippen molar-refractivity contribution in [3.63, 3.8) is 0 Å². The maximum atomic E-state index is 13.1. The number of hydrogen-bond donors (Lipinski definition) is 0. The normalized spacial score (nSPS) is 15.2. The molecule has 0 spiro atoms. The predicted octanol–water partition coefficient (Wildman–Crippen LogP) is 3.78. The first-order chi connectivity index (χ1) is 11.7. The Morgan fingerprint density at radius 1 is 1.08 bits per heavy atom. The number of benzene rings is 2. The van der Waals surface area contributed by atoms with Gasteiger partial charge in [0.1, 0.15) is 12.2 Å². The summed E-state index contributed by atoms with van der Waals surface area (Å²) in [5.74, 6) is 0.547. The zero-order chi connectivity index (χ0) is 16.5. The van der Waals surface area contributed by atoms with E-state index in [0.29, 0.717) is 23.1 Å². The van der Waals surface area contributed by atoms with Crippen molar-refractivity contribution in [3.05, 3.63) is 64.6 Å². The fourth-order valence-electron chi connectivity index (χ4n) is 3.33. The third-order valence-corrected chi connectivity index (χ3v) is 4.75. The summed E-state index contributed by atoms with van der Waals surface area (Å²) in [6.45, 7) is 2.64. The molecule has 4 rings (SSSR count). The van der Waals surface area contributed by atoms with Gasteiger partial charge in [-0.1, -0.05) is 41.9 Å². The van der Waals surface area contributed by atoms with Crippen LogP contribution in [0.2, 0.25) is 5.02 Å². The quantitative estimate of drug-likeness (QED) is 0.538. The molecule has 1 aromatic heterocycles. The van der Waals surface area contributed by atoms with Crippen molar-refractivity contribution in [2.45, 2.75) is 19.4 Å². The minimum absolute atomic E-state index is 0.547. The second-order valence-electron chi connectivity index (χ2n) is 6.18. The molecular formula is C19H18ClN3O. The van der Waals surface area contributed by atoms with Gasteiger partial charge in [0.25, 0.3) is 0 Å². The summed E-state index contributed by atoms with van der Waals surface area (Å²) in [5.41, 5.74) is 2.31. The van der Waals surface area contributed by atoms with Crippen LogP contribution in [-0.4, -0.2) is 23.0 Å². The Kier molecular flexibility index (Phi) is 4.08. The van der Waals surface area contributed by atoms with Crippen molar-refractivity contribution >= 4 is 22.5 Å². The molecule has 0 aliphatic carbocycles. The average Bonchev–Trinajstić information content (AvgIpc) is 3.10. The molecule has 1 fully saturated rings. The third kappa shape index (κ3) is 2.83. The van der Waals surface area contributed by atoms with Gasteiger partial charge in [-0.15, -0.1) is 0 Å². The SMILES string of the molecule is [O-][n+]1c(CN2CCCC2)nc2ccc(Cl)cc2c1-c1ccccc1. The van der Waals surface area contributed by atoms with E-state index in [1.165, 1.54) is 12.8 Å². The van der Waals surface area contributed by atoms with Crippen LogP contribution < -0.4 is 4.73 Å². The van der Waals surface area contributed by atoms with Gasteiger partial charge in [0, 0.05) is 10.6 Å². The molecule has 2 heterocycles. The minimum Gasteiger partial charge on any atom is -0.710 e. The largest absolute Gasteiger partial charge is 0.710 e. The third-order valence-electron chi connectivity index (χ3n) is 4.51. The number of fused-ring (bicyclic) bond motifs is 1. The van der Waals surface area contributed by atoms with Crippen LogP contribution in [0.25, 0.3) is 22.2 Å². The summed E-state index contributed by atoms with van der Waals surface area (Å²) >= 11 is 6.16. The van der Waals surface area contributed by atoms with Crippen LogP contribution in [0.15, 0.2) is 48.5 Å². The van der Waals surface area contributed by atoms with Gasteiger partial charge < -0.3 is 5.21 Å². The van der Waals surface area contributed by atoms with Crippen molar-refractivity contribution in [2.75, 3.05) is 13.1 Å². The van der Waals surface area contributed by atoms with Gasteiger partial charge in [0.15, 0.2) is 5.52 Å². The van der Waals surface area contributed by atoms with E-state index in [-0.39, 0.29) is 0 Å². The zero-order valence-corrected chi connectivity index (χ0v) is 14.0. The van der Waals surface area contributed by atoms with Crippen LogP contribution in [0, 0.1) is 5.21 Å². The molecule has 122 valence electrons. The van der Waals surface area contributed by atoms with Crippen molar-refractivity contribution in [3.8, 4) is 11.3 Å². The Balaban J connectivity index is 1.92. The molecule has 0 N–H and O–H groups in total. The average molecular weight is 340 g/mol. The molecule has 3 aromatic rings. The first-order valence-corrected chi connectivity index (χ1v) is 8.59. The van der Waals surface area contributed by atoms with Gasteiger partial charge in [-0.2, -0.15) is 0 Å². The van der Waals surface area contributed by atoms with E-state index in [4.69, 9.17) is 11.6 Å². The van der Waals surface area contributed by atoms with Gasteiger partial charge in [0.2, 0.25) is 0 Å². The molecule has 1 aliphatic heterocycles. The highest BCUT2D eigenvalue weighted by atomic mass is 35.5. The fourth-order valence-corrected chi connectivity index (χ4v) is 3.50. The van der Waals surface area contributed by atoms with Gasteiger partial charge in [-0.05, 0) is 49.1 Å². The van der Waals surface area contributed by atoms with Gasteiger partial charge in [-0.3, -0.25) is 4.90 Å². The maximum absolute atomic E-state index is 13.1. The van der Waals surface area contributed by atoms with E-state index in [1.54, 1.807) is 0 Å². The topological polar surface area (TPSA) is 43.1 Å². The summed E-state index contributed by atoms with van der Waals surface area (Å²) in [6, 6.07) is 15.2. The summed E-state index contributed by atoms with van der Waals surface area (Å²) in [4.78, 5) is 6.90. The molecule has 0 amide bonds. The molecule has 1 saturated heterocycles. The second-order valence-corrected chi connectivity index (χ2v) is 6.62. The lowest BCUT2D eigenvalue weighted by Gasteiger charge is -2.18. The Morgan fingerprint density at radius 2 is 1.83 bits per heavy atom. The Bertz CT molecular complexity index is 877. The molecular weight excluding hydrogens is 322 g/mol. The van der Waals surface area contributed by atoms with E-state index in [2.05, 4.69) is 9.88 Å². The number of nitrogens with zero attached hydrogens (tertiary/aromatic N) is 3. The van der Waals surface area contributed by atoms with E-state index in [9.17, 15) is 5.21 Å². The highest BCUT2D eigenvalue weighted by Crippen LogP contribution is 2.27. The van der Waals surface area contributed by atoms with E-state index in [0.717, 1.165) is 34.3 Å². The highest BCUT2D eigenvalue weighted by Gasteiger charge is 2.23. The molecule has 0 radical (unpaired) electrons. The number of likely N-dealkylation sites (tertiary alicyclic amines) is 1. The minimum atomic E-state index is 0.547. The monoisotopic (exact) mass is 339 g/mol. The number of aromatic nitrogens is 2. The molecule has 0 atom stereocenters. The molecule has 2 aromatic carbocycles. The smallest absolute Gasteiger partial charge is 0.316 e. The lowest BCUT2D eigenvalue weighted by atomic mass is 10.1. The van der Waals surface area contributed by atoms with Crippen LogP contribution in [-0.2, 0) is 6.54 Å². The van der Waals surface area contributed by atoms with E-state index in [1.807, 2.05) is 48.5 Å². The highest BCUT2D eigenvalue weighted by molar-refractivity contribution is 6.31. The lowest BCUT2D eigenvalue weighted by Crippen LogP contribution is -2.39. The molecule has 5 heteroatoms. The number of hydrogen-bond acceptors (Lipinski definition) is 3. The fraction of sp³-hybridized carbons (Fsp3) is 0.263. The summed E-state index contributed by atoms with van der Waals surface area (Å²) in [6.07, 6.45) is 2.38. The van der Waals surface area contributed by atoms with Gasteiger partial charge >= 0.3 is 5.82 Å². The van der Waals surface area contributed by atoms with Crippen LogP contribution in [0.4, 0.5) is 0 Å². The van der Waals surface area contributed by atoms with Crippen molar-refractivity contribution in [1.82, 2.24) is 9.88 Å². The van der Waals surface area contributed by atoms with Gasteiger partial charge in [0.05, 0.1) is 5.39 Å². The number of halogens is 1. The Hall–Kier alpha value is -2.17. The van der Waals surface area contributed by atoms with Crippen LogP contribution in [0.5, 0.6) is 0 Å². The first kappa shape index (κ1) is 15.4. The molecule has 24 heavy (non-hydrogen) atoms. The van der Waals surface area contributed by atoms with E-state index >= 15 is 0 Å². The summed E-state index contributed by atoms with van der Waals surface area (Å²) in [7, 11) is 0. The van der Waals surface area contributed by atoms with Crippen molar-refractivity contribution < 1.29 is 4.73 Å².